The molecule has 4 nitrogen and oxygen atoms in total. The van der Waals surface area contributed by atoms with Gasteiger partial charge in [0.15, 0.2) is 0 Å². The minimum Gasteiger partial charge on any atom is -0.493 e. The molecule has 1 saturated heterocycles. The number of piperidine rings is 1. The van der Waals surface area contributed by atoms with Gasteiger partial charge in [0.05, 0.1) is 13.2 Å². The van der Waals surface area contributed by atoms with E-state index in [1.54, 1.807) is 6.07 Å². The summed E-state index contributed by atoms with van der Waals surface area (Å²) in [5, 5.41) is 3.12. The maximum Gasteiger partial charge on any atom is 0.234 e. The van der Waals surface area contributed by atoms with E-state index in [4.69, 9.17) is 4.74 Å². The molecule has 0 atom stereocenters. The fourth-order valence-corrected chi connectivity index (χ4v) is 3.66. The molecule has 1 aromatic carbocycles. The predicted octanol–water partition coefficient (Wildman–Crippen LogP) is 3.56. The number of nitrogens with one attached hydrogen (secondary N) is 1. The maximum absolute atomic E-state index is 13.4. The molecular weight excluding hydrogens is 331 g/mol. The van der Waals surface area contributed by atoms with Gasteiger partial charge in [-0.15, -0.1) is 0 Å². The van der Waals surface area contributed by atoms with Gasteiger partial charge in [-0.2, -0.15) is 0 Å². The average molecular weight is 362 g/mol. The van der Waals surface area contributed by atoms with E-state index in [1.807, 2.05) is 6.92 Å². The molecule has 1 aliphatic heterocycles. The van der Waals surface area contributed by atoms with Crippen molar-refractivity contribution < 1.29 is 15.3 Å². The molecule has 26 heavy (non-hydrogen) atoms. The number of halogens is 1. The Morgan fingerprint density at radius 1 is 1.38 bits per heavy atom. The Morgan fingerprint density at radius 3 is 2.81 bits per heavy atom. The number of nitrogens with zero attached hydrogens (tertiary/aromatic N) is 1. The SMILES string of the molecule is C=C1CCN(CC(=O)NC2CC(COc3cc(F)ccc3CC)C2)CC1.[HH]. The zero-order valence-electron chi connectivity index (χ0n) is 15.6. The summed E-state index contributed by atoms with van der Waals surface area (Å²) in [6.07, 6.45) is 4.67. The molecule has 5 heteroatoms. The van der Waals surface area contributed by atoms with Gasteiger partial charge in [-0.1, -0.05) is 25.1 Å². The number of carbonyl (C=O) groups is 1. The molecule has 1 aliphatic carbocycles. The molecular formula is C21H31FN2O2. The highest BCUT2D eigenvalue weighted by atomic mass is 19.1. The van der Waals surface area contributed by atoms with Crippen molar-refractivity contribution in [3.8, 4) is 5.75 Å². The fraction of sp³-hybridized carbons (Fsp3) is 0.571. The van der Waals surface area contributed by atoms with Crippen LogP contribution in [-0.2, 0) is 11.2 Å². The smallest absolute Gasteiger partial charge is 0.234 e. The Balaban J connectivity index is 0.00000261. The topological polar surface area (TPSA) is 41.6 Å². The first-order valence-corrected chi connectivity index (χ1v) is 9.63. The van der Waals surface area contributed by atoms with Crippen LogP contribution in [0, 0.1) is 11.7 Å². The second-order valence-corrected chi connectivity index (χ2v) is 7.54. The van der Waals surface area contributed by atoms with Crippen molar-refractivity contribution in [3.63, 3.8) is 0 Å². The van der Waals surface area contributed by atoms with Crippen LogP contribution in [0.2, 0.25) is 0 Å². The van der Waals surface area contributed by atoms with Crippen LogP contribution in [0.1, 0.15) is 39.6 Å². The van der Waals surface area contributed by atoms with Gasteiger partial charge in [-0.25, -0.2) is 4.39 Å². The number of aryl methyl sites for hydroxylation is 1. The van der Waals surface area contributed by atoms with Crippen LogP contribution in [-0.4, -0.2) is 43.1 Å². The zero-order chi connectivity index (χ0) is 18.5. The lowest BCUT2D eigenvalue weighted by Gasteiger charge is -2.36. The largest absolute Gasteiger partial charge is 0.493 e. The summed E-state index contributed by atoms with van der Waals surface area (Å²) in [5.74, 6) is 0.913. The number of benzene rings is 1. The van der Waals surface area contributed by atoms with E-state index in [0.717, 1.165) is 50.8 Å². The van der Waals surface area contributed by atoms with Crippen LogP contribution in [0.4, 0.5) is 4.39 Å². The van der Waals surface area contributed by atoms with Gasteiger partial charge in [0.1, 0.15) is 11.6 Å². The summed E-state index contributed by atoms with van der Waals surface area (Å²) >= 11 is 0. The van der Waals surface area contributed by atoms with Crippen LogP contribution in [0.3, 0.4) is 0 Å². The minimum absolute atomic E-state index is 0. The van der Waals surface area contributed by atoms with Crippen molar-refractivity contribution >= 4 is 5.91 Å². The normalized spacial score (nSPS) is 23.4. The Morgan fingerprint density at radius 2 is 2.12 bits per heavy atom. The van der Waals surface area contributed by atoms with E-state index in [2.05, 4.69) is 16.8 Å². The molecule has 0 radical (unpaired) electrons. The molecule has 3 rings (SSSR count). The molecule has 1 aromatic rings. The van der Waals surface area contributed by atoms with Crippen LogP contribution in [0.15, 0.2) is 30.4 Å². The van der Waals surface area contributed by atoms with E-state index < -0.39 is 0 Å². The summed E-state index contributed by atoms with van der Waals surface area (Å²) in [7, 11) is 0. The Labute approximate surface area is 156 Å². The van der Waals surface area contributed by atoms with E-state index in [9.17, 15) is 9.18 Å². The lowest BCUT2D eigenvalue weighted by atomic mass is 9.81. The highest BCUT2D eigenvalue weighted by Crippen LogP contribution is 2.29. The highest BCUT2D eigenvalue weighted by Gasteiger charge is 2.31. The summed E-state index contributed by atoms with van der Waals surface area (Å²) in [6.45, 7) is 8.96. The number of hydrogen-bond acceptors (Lipinski definition) is 3. The second kappa shape index (κ2) is 8.67. The Hall–Kier alpha value is -1.88. The third kappa shape index (κ3) is 5.07. The van der Waals surface area contributed by atoms with Gasteiger partial charge in [-0.3, -0.25) is 9.69 Å². The first kappa shape index (κ1) is 18.9. The fourth-order valence-electron chi connectivity index (χ4n) is 3.66. The minimum atomic E-state index is -0.266. The van der Waals surface area contributed by atoms with E-state index in [-0.39, 0.29) is 19.2 Å². The van der Waals surface area contributed by atoms with Crippen molar-refractivity contribution in [1.29, 1.82) is 0 Å². The van der Waals surface area contributed by atoms with Gasteiger partial charge in [0.2, 0.25) is 5.91 Å². The molecule has 0 aromatic heterocycles. The monoisotopic (exact) mass is 362 g/mol. The van der Waals surface area contributed by atoms with Gasteiger partial charge >= 0.3 is 0 Å². The molecule has 1 saturated carbocycles. The maximum atomic E-state index is 13.4. The zero-order valence-corrected chi connectivity index (χ0v) is 15.6. The summed E-state index contributed by atoms with van der Waals surface area (Å²) in [5.41, 5.74) is 2.31. The standard InChI is InChI=1S/C21H29FN2O2.H2/c1-3-17-4-5-18(22)12-20(17)26-14-16-10-19(11-16)23-21(25)13-24-8-6-15(2)7-9-24;/h4-5,12,16,19H,2-3,6-11,13-14H2,1H3,(H,23,25);1H. The van der Waals surface area contributed by atoms with Crippen LogP contribution < -0.4 is 10.1 Å². The first-order valence-electron chi connectivity index (χ1n) is 9.63. The third-order valence-electron chi connectivity index (χ3n) is 5.42. The molecule has 0 unspecified atom stereocenters. The summed E-state index contributed by atoms with van der Waals surface area (Å²) < 4.78 is 19.2. The second-order valence-electron chi connectivity index (χ2n) is 7.54. The molecule has 2 fully saturated rings. The number of rotatable bonds is 7. The van der Waals surface area contributed by atoms with Crippen LogP contribution in [0.5, 0.6) is 5.75 Å². The molecule has 2 aliphatic rings. The summed E-state index contributed by atoms with van der Waals surface area (Å²) in [6, 6.07) is 4.96. The summed E-state index contributed by atoms with van der Waals surface area (Å²) in [4.78, 5) is 14.3. The number of ether oxygens (including phenoxy) is 1. The van der Waals surface area contributed by atoms with E-state index in [1.165, 1.54) is 17.7 Å². The lowest BCUT2D eigenvalue weighted by molar-refractivity contribution is -0.124. The van der Waals surface area contributed by atoms with Gasteiger partial charge in [-0.05, 0) is 49.7 Å². The molecule has 0 bridgehead atoms. The lowest BCUT2D eigenvalue weighted by Crippen LogP contribution is -2.49. The average Bonchev–Trinajstić information content (AvgIpc) is 2.59. The molecule has 144 valence electrons. The van der Waals surface area contributed by atoms with Crippen molar-refractivity contribution in [2.24, 2.45) is 5.92 Å². The molecule has 1 heterocycles. The van der Waals surface area contributed by atoms with Crippen molar-refractivity contribution in [1.82, 2.24) is 10.2 Å². The van der Waals surface area contributed by atoms with Crippen LogP contribution in [0.25, 0.3) is 0 Å². The molecule has 1 amide bonds. The number of hydrogen-bond donors (Lipinski definition) is 1. The van der Waals surface area contributed by atoms with Crippen molar-refractivity contribution in [3.05, 3.63) is 41.7 Å². The number of amides is 1. The van der Waals surface area contributed by atoms with Crippen LogP contribution >= 0.6 is 0 Å². The third-order valence-corrected chi connectivity index (χ3v) is 5.42. The van der Waals surface area contributed by atoms with Gasteiger partial charge in [0.25, 0.3) is 0 Å². The number of likely N-dealkylation sites (tertiary alicyclic amines) is 1. The highest BCUT2D eigenvalue weighted by molar-refractivity contribution is 5.78. The van der Waals surface area contributed by atoms with Gasteiger partial charge < -0.3 is 10.1 Å². The Kier molecular flexibility index (Phi) is 6.30. The molecule has 0 spiro atoms. The number of carbonyl (C=O) groups excluding carboxylic acids is 1. The first-order chi connectivity index (χ1) is 12.5. The Bertz CT molecular complexity index is 652. The van der Waals surface area contributed by atoms with Gasteiger partial charge in [0, 0.05) is 26.6 Å². The molecule has 1 N–H and O–H groups in total. The quantitative estimate of drug-likeness (QED) is 0.754. The predicted molar refractivity (Wildman–Crippen MR) is 103 cm³/mol. The van der Waals surface area contributed by atoms with Crippen molar-refractivity contribution in [2.75, 3.05) is 26.2 Å². The van der Waals surface area contributed by atoms with E-state index >= 15 is 0 Å². The van der Waals surface area contributed by atoms with Crippen molar-refractivity contribution in [2.45, 2.75) is 45.1 Å². The van der Waals surface area contributed by atoms with E-state index in [0.29, 0.717) is 24.8 Å².